The zero-order valence-corrected chi connectivity index (χ0v) is 11.4. The molecule has 0 amide bonds. The molecule has 19 heavy (non-hydrogen) atoms. The Balaban J connectivity index is 1.57. The van der Waals surface area contributed by atoms with Crippen LogP contribution >= 0.6 is 0 Å². The van der Waals surface area contributed by atoms with Gasteiger partial charge in [0.15, 0.2) is 0 Å². The van der Waals surface area contributed by atoms with E-state index in [1.54, 1.807) is 0 Å². The molecule has 0 radical (unpaired) electrons. The highest BCUT2D eigenvalue weighted by atomic mass is 16.5. The van der Waals surface area contributed by atoms with Gasteiger partial charge >= 0.3 is 0 Å². The Labute approximate surface area is 114 Å². The third-order valence-electron chi connectivity index (χ3n) is 3.85. The van der Waals surface area contributed by atoms with Crippen molar-refractivity contribution in [1.29, 1.82) is 0 Å². The quantitative estimate of drug-likeness (QED) is 0.843. The summed E-state index contributed by atoms with van der Waals surface area (Å²) in [5.74, 6) is 0. The average molecular weight is 256 g/mol. The number of hydrogen-bond donors (Lipinski definition) is 0. The smallest absolute Gasteiger partial charge is 0.0720 e. The molecule has 0 saturated heterocycles. The summed E-state index contributed by atoms with van der Waals surface area (Å²) in [7, 11) is 0. The molecule has 3 heteroatoms. The second-order valence-electron chi connectivity index (χ2n) is 5.24. The number of fused-ring (bicyclic) bond motifs is 1. The van der Waals surface area contributed by atoms with Crippen molar-refractivity contribution in [2.45, 2.75) is 45.4 Å². The van der Waals surface area contributed by atoms with Crippen molar-refractivity contribution in [2.24, 2.45) is 0 Å². The predicted octanol–water partition coefficient (Wildman–Crippen LogP) is 3.11. The van der Waals surface area contributed by atoms with Gasteiger partial charge in [-0.3, -0.25) is 4.68 Å². The molecular formula is C16H20N2O. The predicted molar refractivity (Wildman–Crippen MR) is 74.9 cm³/mol. The maximum absolute atomic E-state index is 6.05. The van der Waals surface area contributed by atoms with Crippen LogP contribution in [0.2, 0.25) is 0 Å². The van der Waals surface area contributed by atoms with E-state index in [4.69, 9.17) is 4.74 Å². The van der Waals surface area contributed by atoms with Crippen molar-refractivity contribution in [1.82, 2.24) is 9.78 Å². The molecule has 0 bridgehead atoms. The first-order chi connectivity index (χ1) is 9.33. The minimum absolute atomic E-state index is 0.348. The van der Waals surface area contributed by atoms with Crippen molar-refractivity contribution in [2.75, 3.05) is 0 Å². The molecule has 1 atom stereocenters. The minimum atomic E-state index is 0.348. The Morgan fingerprint density at radius 1 is 1.26 bits per heavy atom. The summed E-state index contributed by atoms with van der Waals surface area (Å²) in [6.45, 7) is 3.83. The Morgan fingerprint density at radius 2 is 2.11 bits per heavy atom. The molecule has 1 unspecified atom stereocenters. The molecule has 0 fully saturated rings. The van der Waals surface area contributed by atoms with E-state index in [1.807, 2.05) is 12.3 Å². The summed E-state index contributed by atoms with van der Waals surface area (Å²) >= 11 is 0. The molecule has 3 rings (SSSR count). The van der Waals surface area contributed by atoms with Gasteiger partial charge in [-0.2, -0.15) is 5.10 Å². The number of benzene rings is 1. The fourth-order valence-corrected chi connectivity index (χ4v) is 2.69. The zero-order chi connectivity index (χ0) is 13.1. The first-order valence-electron chi connectivity index (χ1n) is 7.00. The summed E-state index contributed by atoms with van der Waals surface area (Å²) in [5.41, 5.74) is 3.94. The largest absolute Gasteiger partial charge is 0.373 e. The average Bonchev–Trinajstić information content (AvgIpc) is 2.68. The first kappa shape index (κ1) is 12.4. The molecule has 100 valence electrons. The van der Waals surface area contributed by atoms with Gasteiger partial charge in [0.2, 0.25) is 0 Å². The van der Waals surface area contributed by atoms with Gasteiger partial charge in [0.05, 0.1) is 18.9 Å². The van der Waals surface area contributed by atoms with Crippen LogP contribution < -0.4 is 0 Å². The van der Waals surface area contributed by atoms with E-state index in [0.29, 0.717) is 12.7 Å². The molecule has 0 aliphatic carbocycles. The Hall–Kier alpha value is -1.61. The van der Waals surface area contributed by atoms with Crippen molar-refractivity contribution in [3.8, 4) is 0 Å². The van der Waals surface area contributed by atoms with E-state index >= 15 is 0 Å². The molecule has 2 heterocycles. The zero-order valence-electron chi connectivity index (χ0n) is 11.4. The highest BCUT2D eigenvalue weighted by Gasteiger charge is 2.18. The van der Waals surface area contributed by atoms with Gasteiger partial charge in [-0.15, -0.1) is 0 Å². The highest BCUT2D eigenvalue weighted by Crippen LogP contribution is 2.20. The van der Waals surface area contributed by atoms with Crippen LogP contribution in [0.1, 0.15) is 29.7 Å². The maximum atomic E-state index is 6.05. The van der Waals surface area contributed by atoms with Crippen molar-refractivity contribution >= 4 is 0 Å². The summed E-state index contributed by atoms with van der Waals surface area (Å²) < 4.78 is 8.19. The maximum Gasteiger partial charge on any atom is 0.0720 e. The molecule has 1 aromatic heterocycles. The summed E-state index contributed by atoms with van der Waals surface area (Å²) in [6, 6.07) is 10.4. The van der Waals surface area contributed by atoms with Crippen LogP contribution in [-0.2, 0) is 24.3 Å². The van der Waals surface area contributed by atoms with Crippen LogP contribution in [0.5, 0.6) is 0 Å². The molecule has 0 spiro atoms. The first-order valence-corrected chi connectivity index (χ1v) is 7.00. The van der Waals surface area contributed by atoms with E-state index < -0.39 is 0 Å². The molecule has 1 aliphatic rings. The highest BCUT2D eigenvalue weighted by molar-refractivity contribution is 5.16. The number of hydrogen-bond acceptors (Lipinski definition) is 2. The van der Waals surface area contributed by atoms with Crippen molar-refractivity contribution < 1.29 is 4.74 Å². The topological polar surface area (TPSA) is 27.1 Å². The summed E-state index contributed by atoms with van der Waals surface area (Å²) in [6.07, 6.45) is 5.55. The van der Waals surface area contributed by atoms with Crippen LogP contribution in [0.3, 0.4) is 0 Å². The molecule has 1 aliphatic heterocycles. The van der Waals surface area contributed by atoms with E-state index in [2.05, 4.69) is 41.0 Å². The minimum Gasteiger partial charge on any atom is -0.373 e. The fourth-order valence-electron chi connectivity index (χ4n) is 2.69. The van der Waals surface area contributed by atoms with Gasteiger partial charge in [-0.25, -0.2) is 0 Å². The lowest BCUT2D eigenvalue weighted by atomic mass is 10.1. The molecular weight excluding hydrogens is 236 g/mol. The standard InChI is InChI=1S/C16H20N2O/c1-13-11-17-18-10-9-15(7-8-16(13)18)19-12-14-5-3-2-4-6-14/h2-6,11,15H,7-10,12H2,1H3. The number of aromatic nitrogens is 2. The van der Waals surface area contributed by atoms with Gasteiger partial charge in [0, 0.05) is 12.2 Å². The number of aryl methyl sites for hydroxylation is 2. The lowest BCUT2D eigenvalue weighted by molar-refractivity contribution is 0.0296. The normalized spacial score (nSPS) is 18.9. The van der Waals surface area contributed by atoms with Gasteiger partial charge in [-0.1, -0.05) is 30.3 Å². The Kier molecular flexibility index (Phi) is 3.65. The molecule has 3 nitrogen and oxygen atoms in total. The molecule has 0 saturated carbocycles. The lowest BCUT2D eigenvalue weighted by Crippen LogP contribution is -2.14. The molecule has 1 aromatic carbocycles. The van der Waals surface area contributed by atoms with Crippen LogP contribution in [-0.4, -0.2) is 15.9 Å². The van der Waals surface area contributed by atoms with E-state index in [1.165, 1.54) is 16.8 Å². The summed E-state index contributed by atoms with van der Waals surface area (Å²) in [4.78, 5) is 0. The third-order valence-corrected chi connectivity index (χ3v) is 3.85. The van der Waals surface area contributed by atoms with Crippen LogP contribution in [0.4, 0.5) is 0 Å². The van der Waals surface area contributed by atoms with E-state index in [-0.39, 0.29) is 0 Å². The van der Waals surface area contributed by atoms with Gasteiger partial charge in [0.25, 0.3) is 0 Å². The van der Waals surface area contributed by atoms with Gasteiger partial charge in [-0.05, 0) is 37.3 Å². The summed E-state index contributed by atoms with van der Waals surface area (Å²) in [5, 5.41) is 4.43. The van der Waals surface area contributed by atoms with Crippen LogP contribution in [0, 0.1) is 6.92 Å². The second kappa shape index (κ2) is 5.57. The Bertz CT molecular complexity index is 533. The Morgan fingerprint density at radius 3 is 2.95 bits per heavy atom. The molecule has 2 aromatic rings. The number of ether oxygens (including phenoxy) is 1. The van der Waals surface area contributed by atoms with Crippen molar-refractivity contribution in [3.05, 3.63) is 53.3 Å². The van der Waals surface area contributed by atoms with E-state index in [0.717, 1.165) is 25.8 Å². The fraction of sp³-hybridized carbons (Fsp3) is 0.438. The monoisotopic (exact) mass is 256 g/mol. The van der Waals surface area contributed by atoms with Crippen LogP contribution in [0.25, 0.3) is 0 Å². The van der Waals surface area contributed by atoms with Crippen LogP contribution in [0.15, 0.2) is 36.5 Å². The molecule has 0 N–H and O–H groups in total. The SMILES string of the molecule is Cc1cnn2c1CCC(OCc1ccccc1)CC2. The number of rotatable bonds is 3. The lowest BCUT2D eigenvalue weighted by Gasteiger charge is -2.15. The van der Waals surface area contributed by atoms with Gasteiger partial charge in [0.1, 0.15) is 0 Å². The number of nitrogens with zero attached hydrogens (tertiary/aromatic N) is 2. The third kappa shape index (κ3) is 2.87. The van der Waals surface area contributed by atoms with E-state index in [9.17, 15) is 0 Å². The van der Waals surface area contributed by atoms with Gasteiger partial charge < -0.3 is 4.74 Å². The second-order valence-corrected chi connectivity index (χ2v) is 5.24. The van der Waals surface area contributed by atoms with Crippen molar-refractivity contribution in [3.63, 3.8) is 0 Å².